The van der Waals surface area contributed by atoms with Gasteiger partial charge in [0, 0.05) is 23.6 Å². The van der Waals surface area contributed by atoms with Crippen LogP contribution >= 0.6 is 23.1 Å². The summed E-state index contributed by atoms with van der Waals surface area (Å²) in [6, 6.07) is 0.674. The Morgan fingerprint density at radius 1 is 1.62 bits per heavy atom. The van der Waals surface area contributed by atoms with E-state index in [9.17, 15) is 0 Å². The SMILES string of the molecule is CC(C)SCc1nc(CC2CCCN2)cs1. The minimum absolute atomic E-state index is 0.674. The molecule has 0 bridgehead atoms. The van der Waals surface area contributed by atoms with E-state index in [2.05, 4.69) is 24.5 Å². The molecular formula is C12H20N2S2. The predicted molar refractivity (Wildman–Crippen MR) is 73.3 cm³/mol. The summed E-state index contributed by atoms with van der Waals surface area (Å²) in [6.07, 6.45) is 3.75. The van der Waals surface area contributed by atoms with Crippen molar-refractivity contribution in [2.75, 3.05) is 6.54 Å². The van der Waals surface area contributed by atoms with Gasteiger partial charge in [0.1, 0.15) is 5.01 Å². The third-order valence-electron chi connectivity index (χ3n) is 2.76. The quantitative estimate of drug-likeness (QED) is 0.876. The third-order valence-corrected chi connectivity index (χ3v) is 4.94. The molecule has 0 radical (unpaired) electrons. The average Bonchev–Trinajstić information content (AvgIpc) is 2.87. The number of aromatic nitrogens is 1. The van der Waals surface area contributed by atoms with Crippen molar-refractivity contribution < 1.29 is 0 Å². The molecule has 1 aromatic heterocycles. The minimum Gasteiger partial charge on any atom is -0.314 e. The van der Waals surface area contributed by atoms with Crippen molar-refractivity contribution in [1.82, 2.24) is 10.3 Å². The van der Waals surface area contributed by atoms with E-state index in [-0.39, 0.29) is 0 Å². The van der Waals surface area contributed by atoms with Crippen LogP contribution in [-0.2, 0) is 12.2 Å². The van der Waals surface area contributed by atoms with Crippen molar-refractivity contribution in [2.45, 2.75) is 50.2 Å². The number of rotatable bonds is 5. The molecule has 0 amide bonds. The van der Waals surface area contributed by atoms with Crippen LogP contribution in [0.25, 0.3) is 0 Å². The molecule has 16 heavy (non-hydrogen) atoms. The Bertz CT molecular complexity index is 317. The molecule has 1 unspecified atom stereocenters. The van der Waals surface area contributed by atoms with Gasteiger partial charge >= 0.3 is 0 Å². The molecule has 4 heteroatoms. The van der Waals surface area contributed by atoms with E-state index in [1.807, 2.05) is 23.1 Å². The Labute approximate surface area is 106 Å². The molecule has 1 fully saturated rings. The van der Waals surface area contributed by atoms with Crippen LogP contribution in [0.2, 0.25) is 0 Å². The second kappa shape index (κ2) is 6.03. The average molecular weight is 256 g/mol. The highest BCUT2D eigenvalue weighted by Crippen LogP contribution is 2.21. The fourth-order valence-electron chi connectivity index (χ4n) is 1.93. The van der Waals surface area contributed by atoms with Gasteiger partial charge in [-0.1, -0.05) is 13.8 Å². The van der Waals surface area contributed by atoms with Crippen molar-refractivity contribution >= 4 is 23.1 Å². The van der Waals surface area contributed by atoms with Gasteiger partial charge in [-0.05, 0) is 24.6 Å². The van der Waals surface area contributed by atoms with Crippen LogP contribution in [0.1, 0.15) is 37.4 Å². The molecule has 1 aliphatic rings. The Kier molecular flexibility index (Phi) is 4.67. The van der Waals surface area contributed by atoms with Gasteiger partial charge < -0.3 is 5.32 Å². The number of nitrogens with zero attached hydrogens (tertiary/aromatic N) is 1. The van der Waals surface area contributed by atoms with Gasteiger partial charge in [0.2, 0.25) is 0 Å². The van der Waals surface area contributed by atoms with Crippen LogP contribution in [0.3, 0.4) is 0 Å². The Morgan fingerprint density at radius 2 is 2.50 bits per heavy atom. The second-order valence-electron chi connectivity index (χ2n) is 4.59. The smallest absolute Gasteiger partial charge is 0.103 e. The van der Waals surface area contributed by atoms with Crippen molar-refractivity contribution in [3.63, 3.8) is 0 Å². The van der Waals surface area contributed by atoms with Crippen molar-refractivity contribution in [1.29, 1.82) is 0 Å². The Morgan fingerprint density at radius 3 is 3.19 bits per heavy atom. The van der Waals surface area contributed by atoms with Gasteiger partial charge in [0.15, 0.2) is 0 Å². The molecule has 1 N–H and O–H groups in total. The lowest BCUT2D eigenvalue weighted by molar-refractivity contribution is 0.596. The second-order valence-corrected chi connectivity index (χ2v) is 7.10. The lowest BCUT2D eigenvalue weighted by Gasteiger charge is -2.06. The van der Waals surface area contributed by atoms with Crippen molar-refractivity contribution in [3.8, 4) is 0 Å². The van der Waals surface area contributed by atoms with Crippen molar-refractivity contribution in [3.05, 3.63) is 16.1 Å². The monoisotopic (exact) mass is 256 g/mol. The first-order chi connectivity index (χ1) is 7.74. The maximum absolute atomic E-state index is 4.70. The van der Waals surface area contributed by atoms with Gasteiger partial charge in [-0.3, -0.25) is 0 Å². The molecule has 2 nitrogen and oxygen atoms in total. The molecule has 1 aliphatic heterocycles. The zero-order valence-electron chi connectivity index (χ0n) is 10.0. The minimum atomic E-state index is 0.674. The predicted octanol–water partition coefficient (Wildman–Crippen LogP) is 3.08. The molecule has 0 saturated carbocycles. The molecule has 90 valence electrons. The number of thiazole rings is 1. The summed E-state index contributed by atoms with van der Waals surface area (Å²) in [7, 11) is 0. The first-order valence-electron chi connectivity index (χ1n) is 6.02. The molecule has 0 aliphatic carbocycles. The summed E-state index contributed by atoms with van der Waals surface area (Å²) < 4.78 is 0. The largest absolute Gasteiger partial charge is 0.314 e. The van der Waals surface area contributed by atoms with E-state index < -0.39 is 0 Å². The van der Waals surface area contributed by atoms with E-state index >= 15 is 0 Å². The van der Waals surface area contributed by atoms with Gasteiger partial charge in [0.25, 0.3) is 0 Å². The molecule has 1 atom stereocenters. The fraction of sp³-hybridized carbons (Fsp3) is 0.750. The summed E-state index contributed by atoms with van der Waals surface area (Å²) in [6.45, 7) is 5.66. The summed E-state index contributed by atoms with van der Waals surface area (Å²) >= 11 is 3.79. The lowest BCUT2D eigenvalue weighted by Crippen LogP contribution is -2.23. The van der Waals surface area contributed by atoms with Crippen molar-refractivity contribution in [2.24, 2.45) is 0 Å². The van der Waals surface area contributed by atoms with Gasteiger partial charge in [-0.2, -0.15) is 11.8 Å². The molecule has 0 spiro atoms. The zero-order chi connectivity index (χ0) is 11.4. The summed E-state index contributed by atoms with van der Waals surface area (Å²) in [5.74, 6) is 1.07. The number of hydrogen-bond donors (Lipinski definition) is 1. The van der Waals surface area contributed by atoms with E-state index in [1.165, 1.54) is 30.1 Å². The first-order valence-corrected chi connectivity index (χ1v) is 7.95. The first kappa shape index (κ1) is 12.4. The molecule has 1 aromatic rings. The van der Waals surface area contributed by atoms with Gasteiger partial charge in [0.05, 0.1) is 5.69 Å². The molecule has 1 saturated heterocycles. The molecule has 0 aromatic carbocycles. The standard InChI is InChI=1S/C12H20N2S2/c1-9(2)15-8-12-14-11(7-16-12)6-10-4-3-5-13-10/h7,9-10,13H,3-6,8H2,1-2H3. The third kappa shape index (κ3) is 3.75. The lowest BCUT2D eigenvalue weighted by atomic mass is 10.1. The van der Waals surface area contributed by atoms with Crippen LogP contribution in [-0.4, -0.2) is 22.8 Å². The summed E-state index contributed by atoms with van der Waals surface area (Å²) in [5.41, 5.74) is 1.28. The number of hydrogen-bond acceptors (Lipinski definition) is 4. The van der Waals surface area contributed by atoms with E-state index in [0.29, 0.717) is 11.3 Å². The highest BCUT2D eigenvalue weighted by Gasteiger charge is 2.15. The normalized spacial score (nSPS) is 20.8. The van der Waals surface area contributed by atoms with Crippen LogP contribution in [0.4, 0.5) is 0 Å². The highest BCUT2D eigenvalue weighted by atomic mass is 32.2. The fourth-order valence-corrected chi connectivity index (χ4v) is 3.54. The van der Waals surface area contributed by atoms with E-state index in [1.54, 1.807) is 0 Å². The van der Waals surface area contributed by atoms with Crippen LogP contribution in [0, 0.1) is 0 Å². The van der Waals surface area contributed by atoms with Gasteiger partial charge in [-0.15, -0.1) is 11.3 Å². The van der Waals surface area contributed by atoms with Crippen LogP contribution < -0.4 is 5.32 Å². The maximum atomic E-state index is 4.70. The summed E-state index contributed by atoms with van der Waals surface area (Å²) in [4.78, 5) is 4.70. The topological polar surface area (TPSA) is 24.9 Å². The molecular weight excluding hydrogens is 236 g/mol. The number of thioether (sulfide) groups is 1. The molecule has 2 rings (SSSR count). The van der Waals surface area contributed by atoms with E-state index in [4.69, 9.17) is 4.98 Å². The Hall–Kier alpha value is -0.0600. The van der Waals surface area contributed by atoms with Gasteiger partial charge in [-0.25, -0.2) is 4.98 Å². The maximum Gasteiger partial charge on any atom is 0.103 e. The molecule has 2 heterocycles. The zero-order valence-corrected chi connectivity index (χ0v) is 11.7. The highest BCUT2D eigenvalue weighted by molar-refractivity contribution is 7.99. The van der Waals surface area contributed by atoms with E-state index in [0.717, 1.165) is 12.2 Å². The Balaban J connectivity index is 1.81. The van der Waals surface area contributed by atoms with Crippen LogP contribution in [0.5, 0.6) is 0 Å². The van der Waals surface area contributed by atoms with Crippen LogP contribution in [0.15, 0.2) is 5.38 Å². The number of nitrogens with one attached hydrogen (secondary N) is 1. The summed E-state index contributed by atoms with van der Waals surface area (Å²) in [5, 5.41) is 7.74.